The summed E-state index contributed by atoms with van der Waals surface area (Å²) in [6, 6.07) is 9.32. The molecule has 0 fully saturated rings. The van der Waals surface area contributed by atoms with Crippen LogP contribution in [-0.2, 0) is 13.5 Å². The molecular weight excluding hydrogens is 246 g/mol. The Bertz CT molecular complexity index is 578. The topological polar surface area (TPSA) is 90.4 Å². The van der Waals surface area contributed by atoms with E-state index in [1.54, 1.807) is 7.05 Å². The highest BCUT2D eigenvalue weighted by atomic mass is 16.5. The Balaban J connectivity index is 2.04. The number of anilines is 1. The van der Waals surface area contributed by atoms with Crippen molar-refractivity contribution in [1.29, 1.82) is 0 Å². The van der Waals surface area contributed by atoms with Gasteiger partial charge in [-0.1, -0.05) is 18.2 Å². The highest BCUT2D eigenvalue weighted by Crippen LogP contribution is 2.17. The van der Waals surface area contributed by atoms with E-state index in [0.717, 1.165) is 5.75 Å². The Labute approximate surface area is 110 Å². The zero-order valence-electron chi connectivity index (χ0n) is 10.5. The van der Waals surface area contributed by atoms with E-state index in [0.29, 0.717) is 18.7 Å². The molecule has 0 aliphatic carbocycles. The summed E-state index contributed by atoms with van der Waals surface area (Å²) in [4.78, 5) is 11.1. The summed E-state index contributed by atoms with van der Waals surface area (Å²) in [5, 5.41) is 13.2. The standard InChI is InChI=1S/C13H15N3O3/c1-16-12(14)11(13(17)18)10(15-16)7-8-19-9-5-3-2-4-6-9/h2-6H,7-8,14H2,1H3,(H,17,18). The van der Waals surface area contributed by atoms with Crippen molar-refractivity contribution in [3.8, 4) is 5.75 Å². The van der Waals surface area contributed by atoms with Crippen LogP contribution in [0.4, 0.5) is 5.82 Å². The van der Waals surface area contributed by atoms with Crippen molar-refractivity contribution in [3.63, 3.8) is 0 Å². The average Bonchev–Trinajstić information content (AvgIpc) is 2.66. The van der Waals surface area contributed by atoms with Crippen molar-refractivity contribution >= 4 is 11.8 Å². The molecule has 1 aromatic heterocycles. The monoisotopic (exact) mass is 261 g/mol. The third kappa shape index (κ3) is 2.85. The lowest BCUT2D eigenvalue weighted by atomic mass is 10.2. The molecule has 1 aromatic carbocycles. The quantitative estimate of drug-likeness (QED) is 0.847. The summed E-state index contributed by atoms with van der Waals surface area (Å²) >= 11 is 0. The van der Waals surface area contributed by atoms with E-state index in [1.165, 1.54) is 4.68 Å². The molecule has 6 nitrogen and oxygen atoms in total. The van der Waals surface area contributed by atoms with E-state index in [9.17, 15) is 4.79 Å². The van der Waals surface area contributed by atoms with Gasteiger partial charge in [0.15, 0.2) is 0 Å². The van der Waals surface area contributed by atoms with Crippen LogP contribution in [0.15, 0.2) is 30.3 Å². The lowest BCUT2D eigenvalue weighted by Gasteiger charge is -2.04. The number of carbonyl (C=O) groups is 1. The number of aromatic carboxylic acids is 1. The van der Waals surface area contributed by atoms with Gasteiger partial charge in [0.25, 0.3) is 0 Å². The number of aryl methyl sites for hydroxylation is 1. The minimum absolute atomic E-state index is 0.0548. The van der Waals surface area contributed by atoms with Gasteiger partial charge in [0.05, 0.1) is 12.3 Å². The maximum atomic E-state index is 11.1. The Morgan fingerprint density at radius 2 is 2.11 bits per heavy atom. The Kier molecular flexibility index (Phi) is 3.70. The van der Waals surface area contributed by atoms with Gasteiger partial charge in [-0.15, -0.1) is 0 Å². The molecule has 0 aliphatic heterocycles. The molecule has 0 amide bonds. The van der Waals surface area contributed by atoms with Gasteiger partial charge in [-0.3, -0.25) is 4.68 Å². The third-order valence-corrected chi connectivity index (χ3v) is 2.73. The number of rotatable bonds is 5. The Morgan fingerprint density at radius 3 is 2.74 bits per heavy atom. The summed E-state index contributed by atoms with van der Waals surface area (Å²) in [6.45, 7) is 0.348. The van der Waals surface area contributed by atoms with Crippen LogP contribution >= 0.6 is 0 Å². The number of benzene rings is 1. The van der Waals surface area contributed by atoms with Crippen LogP contribution in [0.3, 0.4) is 0 Å². The van der Waals surface area contributed by atoms with E-state index < -0.39 is 5.97 Å². The molecule has 0 bridgehead atoms. The summed E-state index contributed by atoms with van der Waals surface area (Å²) in [7, 11) is 1.61. The summed E-state index contributed by atoms with van der Waals surface area (Å²) in [6.07, 6.45) is 0.390. The van der Waals surface area contributed by atoms with E-state index >= 15 is 0 Å². The number of carboxylic acids is 1. The van der Waals surface area contributed by atoms with E-state index in [4.69, 9.17) is 15.6 Å². The third-order valence-electron chi connectivity index (χ3n) is 2.73. The number of nitrogen functional groups attached to an aromatic ring is 1. The largest absolute Gasteiger partial charge is 0.493 e. The first-order valence-electron chi connectivity index (χ1n) is 5.82. The maximum Gasteiger partial charge on any atom is 0.341 e. The van der Waals surface area contributed by atoms with Crippen molar-refractivity contribution in [2.75, 3.05) is 12.3 Å². The van der Waals surface area contributed by atoms with Crippen LogP contribution < -0.4 is 10.5 Å². The minimum atomic E-state index is -1.07. The highest BCUT2D eigenvalue weighted by Gasteiger charge is 2.19. The highest BCUT2D eigenvalue weighted by molar-refractivity contribution is 5.94. The zero-order chi connectivity index (χ0) is 13.8. The van der Waals surface area contributed by atoms with Crippen molar-refractivity contribution in [3.05, 3.63) is 41.6 Å². The van der Waals surface area contributed by atoms with Crippen molar-refractivity contribution in [2.45, 2.75) is 6.42 Å². The summed E-state index contributed by atoms with van der Waals surface area (Å²) in [5.41, 5.74) is 6.15. The van der Waals surface area contributed by atoms with Gasteiger partial charge < -0.3 is 15.6 Å². The predicted octanol–water partition coefficient (Wildman–Crippen LogP) is 1.32. The number of carboxylic acid groups (broad SMARTS) is 1. The number of para-hydroxylation sites is 1. The van der Waals surface area contributed by atoms with Crippen LogP contribution in [0.1, 0.15) is 16.1 Å². The number of hydrogen-bond acceptors (Lipinski definition) is 4. The lowest BCUT2D eigenvalue weighted by molar-refractivity contribution is 0.0696. The second kappa shape index (κ2) is 5.43. The van der Waals surface area contributed by atoms with Gasteiger partial charge in [-0.2, -0.15) is 5.10 Å². The maximum absolute atomic E-state index is 11.1. The number of nitrogens with zero attached hydrogens (tertiary/aromatic N) is 2. The van der Waals surface area contributed by atoms with Gasteiger partial charge in [0, 0.05) is 13.5 Å². The van der Waals surface area contributed by atoms with Crippen LogP contribution in [0, 0.1) is 0 Å². The molecule has 0 spiro atoms. The van der Waals surface area contributed by atoms with Gasteiger partial charge in [0.1, 0.15) is 17.1 Å². The fraction of sp³-hybridized carbons (Fsp3) is 0.231. The summed E-state index contributed by atoms with van der Waals surface area (Å²) < 4.78 is 6.87. The van der Waals surface area contributed by atoms with Gasteiger partial charge in [0.2, 0.25) is 0 Å². The first-order chi connectivity index (χ1) is 9.09. The van der Waals surface area contributed by atoms with Gasteiger partial charge >= 0.3 is 5.97 Å². The van der Waals surface area contributed by atoms with Crippen LogP contribution in [0.2, 0.25) is 0 Å². The molecule has 0 saturated carbocycles. The molecule has 0 atom stereocenters. The fourth-order valence-electron chi connectivity index (χ4n) is 1.78. The summed E-state index contributed by atoms with van der Waals surface area (Å²) in [5.74, 6) is -0.175. The molecule has 3 N–H and O–H groups in total. The molecule has 1 heterocycles. The van der Waals surface area contributed by atoms with Gasteiger partial charge in [-0.05, 0) is 12.1 Å². The van der Waals surface area contributed by atoms with Crippen LogP contribution in [0.5, 0.6) is 5.75 Å². The molecule has 0 aliphatic rings. The molecule has 19 heavy (non-hydrogen) atoms. The number of nitrogens with two attached hydrogens (primary N) is 1. The molecule has 6 heteroatoms. The lowest BCUT2D eigenvalue weighted by Crippen LogP contribution is -2.08. The number of hydrogen-bond donors (Lipinski definition) is 2. The van der Waals surface area contributed by atoms with E-state index in [-0.39, 0.29) is 11.4 Å². The Morgan fingerprint density at radius 1 is 1.42 bits per heavy atom. The molecule has 100 valence electrons. The predicted molar refractivity (Wildman–Crippen MR) is 70.2 cm³/mol. The molecule has 0 radical (unpaired) electrons. The van der Waals surface area contributed by atoms with E-state index in [1.807, 2.05) is 30.3 Å². The molecule has 0 saturated heterocycles. The van der Waals surface area contributed by atoms with Crippen molar-refractivity contribution in [1.82, 2.24) is 9.78 Å². The second-order valence-electron chi connectivity index (χ2n) is 4.05. The van der Waals surface area contributed by atoms with Crippen LogP contribution in [-0.4, -0.2) is 27.5 Å². The SMILES string of the molecule is Cn1nc(CCOc2ccccc2)c(C(=O)O)c1N. The molecule has 2 aromatic rings. The molecular formula is C13H15N3O3. The number of ether oxygens (including phenoxy) is 1. The average molecular weight is 261 g/mol. The Hall–Kier alpha value is -2.50. The molecule has 2 rings (SSSR count). The smallest absolute Gasteiger partial charge is 0.341 e. The van der Waals surface area contributed by atoms with Crippen molar-refractivity contribution < 1.29 is 14.6 Å². The first kappa shape index (κ1) is 12.9. The minimum Gasteiger partial charge on any atom is -0.493 e. The number of aromatic nitrogens is 2. The first-order valence-corrected chi connectivity index (χ1v) is 5.82. The normalized spacial score (nSPS) is 10.4. The van der Waals surface area contributed by atoms with Crippen molar-refractivity contribution in [2.24, 2.45) is 7.05 Å². The van der Waals surface area contributed by atoms with Crippen LogP contribution in [0.25, 0.3) is 0 Å². The van der Waals surface area contributed by atoms with Gasteiger partial charge in [-0.25, -0.2) is 4.79 Å². The van der Waals surface area contributed by atoms with E-state index in [2.05, 4.69) is 5.10 Å². The molecule has 0 unspecified atom stereocenters. The fourth-order valence-corrected chi connectivity index (χ4v) is 1.78. The second-order valence-corrected chi connectivity index (χ2v) is 4.05. The zero-order valence-corrected chi connectivity index (χ0v) is 10.5.